The highest BCUT2D eigenvalue weighted by molar-refractivity contribution is 7.91. The summed E-state index contributed by atoms with van der Waals surface area (Å²) in [6.45, 7) is 3.97. The number of fused-ring (bicyclic) bond motifs is 1. The maximum Gasteiger partial charge on any atom is 0.227 e. The van der Waals surface area contributed by atoms with E-state index in [1.807, 2.05) is 19.9 Å². The van der Waals surface area contributed by atoms with Crippen molar-refractivity contribution < 1.29 is 13.2 Å². The molecular weight excluding hydrogens is 356 g/mol. The Morgan fingerprint density at radius 3 is 2.76 bits per heavy atom. The third kappa shape index (κ3) is 4.10. The smallest absolute Gasteiger partial charge is 0.227 e. The molecule has 0 fully saturated rings. The molecule has 1 aliphatic rings. The molecule has 1 aromatic carbocycles. The third-order valence-corrected chi connectivity index (χ3v) is 7.14. The Bertz CT molecular complexity index is 901. The Hall–Kier alpha value is -1.73. The van der Waals surface area contributed by atoms with Crippen LogP contribution in [0, 0.1) is 6.92 Å². The van der Waals surface area contributed by atoms with Gasteiger partial charge in [0.25, 0.3) is 0 Å². The first-order valence-electron chi connectivity index (χ1n) is 8.50. The minimum atomic E-state index is -3.45. The van der Waals surface area contributed by atoms with Gasteiger partial charge in [-0.05, 0) is 55.9 Å². The number of hydrogen-bond donors (Lipinski definition) is 1. The average Bonchev–Trinajstić information content (AvgIpc) is 3.18. The van der Waals surface area contributed by atoms with Crippen molar-refractivity contribution >= 4 is 32.2 Å². The molecule has 1 amide bonds. The van der Waals surface area contributed by atoms with E-state index in [0.29, 0.717) is 10.0 Å². The van der Waals surface area contributed by atoms with Crippen molar-refractivity contribution in [3.63, 3.8) is 0 Å². The first-order valence-corrected chi connectivity index (χ1v) is 11.0. The molecule has 1 N–H and O–H groups in total. The van der Waals surface area contributed by atoms with Crippen LogP contribution >= 0.6 is 11.3 Å². The van der Waals surface area contributed by atoms with Crippen molar-refractivity contribution in [1.29, 1.82) is 0 Å². The predicted octanol–water partition coefficient (Wildman–Crippen LogP) is 3.31. The number of aromatic nitrogens is 1. The number of rotatable bonds is 6. The molecule has 0 unspecified atom stereocenters. The zero-order valence-electron chi connectivity index (χ0n) is 14.5. The van der Waals surface area contributed by atoms with Crippen LogP contribution in [0.25, 0.3) is 0 Å². The zero-order chi connectivity index (χ0) is 18.0. The summed E-state index contributed by atoms with van der Waals surface area (Å²) in [5, 5.41) is 3.24. The van der Waals surface area contributed by atoms with Gasteiger partial charge in [-0.15, -0.1) is 11.3 Å². The number of anilines is 1. The Morgan fingerprint density at radius 2 is 2.04 bits per heavy atom. The Morgan fingerprint density at radius 1 is 1.28 bits per heavy atom. The number of thiazole rings is 1. The summed E-state index contributed by atoms with van der Waals surface area (Å²) in [6.07, 6.45) is 3.77. The van der Waals surface area contributed by atoms with E-state index >= 15 is 0 Å². The minimum Gasteiger partial charge on any atom is -0.302 e. The lowest BCUT2D eigenvalue weighted by molar-refractivity contribution is -0.115. The molecule has 25 heavy (non-hydrogen) atoms. The van der Waals surface area contributed by atoms with Gasteiger partial charge in [-0.25, -0.2) is 13.4 Å². The largest absolute Gasteiger partial charge is 0.302 e. The summed E-state index contributed by atoms with van der Waals surface area (Å²) < 4.78 is 25.0. The molecule has 0 bridgehead atoms. The summed E-state index contributed by atoms with van der Waals surface area (Å²) in [5.74, 6) is -0.510. The van der Waals surface area contributed by atoms with Crippen LogP contribution in [0.3, 0.4) is 0 Å². The lowest BCUT2D eigenvalue weighted by Gasteiger charge is -2.07. The van der Waals surface area contributed by atoms with E-state index in [-0.39, 0.29) is 18.1 Å². The van der Waals surface area contributed by atoms with Gasteiger partial charge in [-0.2, -0.15) is 0 Å². The van der Waals surface area contributed by atoms with Crippen LogP contribution in [0.15, 0.2) is 23.1 Å². The summed E-state index contributed by atoms with van der Waals surface area (Å²) >= 11 is 1.42. The average molecular weight is 379 g/mol. The van der Waals surface area contributed by atoms with Crippen LogP contribution in [0.1, 0.15) is 41.5 Å². The van der Waals surface area contributed by atoms with E-state index in [1.165, 1.54) is 16.9 Å². The monoisotopic (exact) mass is 378 g/mol. The number of nitrogens with one attached hydrogen (secondary N) is 1. The van der Waals surface area contributed by atoms with Crippen molar-refractivity contribution in [3.8, 4) is 0 Å². The number of benzene rings is 1. The highest BCUT2D eigenvalue weighted by Crippen LogP contribution is 2.26. The van der Waals surface area contributed by atoms with Crippen LogP contribution in [0.2, 0.25) is 0 Å². The fourth-order valence-electron chi connectivity index (χ4n) is 3.08. The summed E-state index contributed by atoms with van der Waals surface area (Å²) in [6, 6.07) is 5.34. The molecule has 1 aliphatic carbocycles. The molecule has 0 aliphatic heterocycles. The van der Waals surface area contributed by atoms with Gasteiger partial charge < -0.3 is 5.32 Å². The van der Waals surface area contributed by atoms with Crippen LogP contribution in [-0.2, 0) is 33.9 Å². The van der Waals surface area contributed by atoms with Crippen molar-refractivity contribution in [3.05, 3.63) is 39.9 Å². The Balaban J connectivity index is 1.62. The van der Waals surface area contributed by atoms with E-state index in [2.05, 4.69) is 10.3 Å². The zero-order valence-corrected chi connectivity index (χ0v) is 16.1. The van der Waals surface area contributed by atoms with Gasteiger partial charge >= 0.3 is 0 Å². The number of sulfone groups is 1. The standard InChI is InChI=1S/C18H22N2O3S2/c1-3-16-12(2)24-18(19-16)20-17(21)9-10-25(22,23)15-8-7-13-5-4-6-14(13)11-15/h7-8,11H,3-6,9-10H2,1-2H3,(H,19,20,21). The van der Waals surface area contributed by atoms with E-state index in [4.69, 9.17) is 0 Å². The summed E-state index contributed by atoms with van der Waals surface area (Å²) in [7, 11) is -3.45. The first kappa shape index (κ1) is 18.1. The topological polar surface area (TPSA) is 76.1 Å². The maximum absolute atomic E-state index is 12.5. The SMILES string of the molecule is CCc1nc(NC(=O)CCS(=O)(=O)c2ccc3c(c2)CCC3)sc1C. The summed E-state index contributed by atoms with van der Waals surface area (Å²) in [5.41, 5.74) is 3.32. The van der Waals surface area contributed by atoms with Gasteiger partial charge in [0, 0.05) is 11.3 Å². The second-order valence-corrected chi connectivity index (χ2v) is 9.59. The van der Waals surface area contributed by atoms with Crippen molar-refractivity contribution in [2.24, 2.45) is 0 Å². The van der Waals surface area contributed by atoms with Crippen LogP contribution in [0.5, 0.6) is 0 Å². The molecule has 7 heteroatoms. The van der Waals surface area contributed by atoms with Crippen LogP contribution in [-0.4, -0.2) is 25.1 Å². The molecule has 0 radical (unpaired) electrons. The number of amides is 1. The number of carbonyl (C=O) groups excluding carboxylic acids is 1. The normalized spacial score (nSPS) is 13.7. The fraction of sp³-hybridized carbons (Fsp3) is 0.444. The van der Waals surface area contributed by atoms with Gasteiger partial charge in [0.1, 0.15) is 0 Å². The fourth-order valence-corrected chi connectivity index (χ4v) is 5.28. The number of aryl methyl sites for hydroxylation is 4. The number of nitrogens with zero attached hydrogens (tertiary/aromatic N) is 1. The highest BCUT2D eigenvalue weighted by Gasteiger charge is 2.20. The lowest BCUT2D eigenvalue weighted by Crippen LogP contribution is -2.17. The number of hydrogen-bond acceptors (Lipinski definition) is 5. The van der Waals surface area contributed by atoms with E-state index < -0.39 is 9.84 Å². The van der Waals surface area contributed by atoms with Gasteiger partial charge in [-0.1, -0.05) is 13.0 Å². The third-order valence-electron chi connectivity index (χ3n) is 4.50. The molecule has 2 aromatic rings. The maximum atomic E-state index is 12.5. The second kappa shape index (κ2) is 7.25. The summed E-state index contributed by atoms with van der Waals surface area (Å²) in [4.78, 5) is 17.8. The Labute approximate surface area is 152 Å². The quantitative estimate of drug-likeness (QED) is 0.837. The van der Waals surface area contributed by atoms with Gasteiger partial charge in [-0.3, -0.25) is 4.79 Å². The number of carbonyl (C=O) groups is 1. The first-order chi connectivity index (χ1) is 11.9. The van der Waals surface area contributed by atoms with Gasteiger partial charge in [0.15, 0.2) is 15.0 Å². The molecule has 0 spiro atoms. The van der Waals surface area contributed by atoms with E-state index in [9.17, 15) is 13.2 Å². The minimum absolute atomic E-state index is 0.0699. The molecule has 0 saturated carbocycles. The molecule has 134 valence electrons. The molecule has 0 atom stereocenters. The van der Waals surface area contributed by atoms with Crippen LogP contribution in [0.4, 0.5) is 5.13 Å². The highest BCUT2D eigenvalue weighted by atomic mass is 32.2. The van der Waals surface area contributed by atoms with Crippen molar-refractivity contribution in [1.82, 2.24) is 4.98 Å². The van der Waals surface area contributed by atoms with Crippen molar-refractivity contribution in [2.75, 3.05) is 11.1 Å². The Kier molecular flexibility index (Phi) is 5.24. The molecule has 1 aromatic heterocycles. The second-order valence-electron chi connectivity index (χ2n) is 6.28. The molecule has 3 rings (SSSR count). The van der Waals surface area contributed by atoms with E-state index in [1.54, 1.807) is 12.1 Å². The van der Waals surface area contributed by atoms with Crippen LogP contribution < -0.4 is 5.32 Å². The predicted molar refractivity (Wildman–Crippen MR) is 100.0 cm³/mol. The van der Waals surface area contributed by atoms with Gasteiger partial charge in [0.2, 0.25) is 5.91 Å². The molecule has 5 nitrogen and oxygen atoms in total. The lowest BCUT2D eigenvalue weighted by atomic mass is 10.1. The molecular formula is C18H22N2O3S2. The van der Waals surface area contributed by atoms with Crippen molar-refractivity contribution in [2.45, 2.75) is 50.8 Å². The molecule has 1 heterocycles. The van der Waals surface area contributed by atoms with Gasteiger partial charge in [0.05, 0.1) is 16.3 Å². The molecule has 0 saturated heterocycles. The van der Waals surface area contributed by atoms with E-state index in [0.717, 1.165) is 41.8 Å².